The first-order valence-corrected chi connectivity index (χ1v) is 11.7. The van der Waals surface area contributed by atoms with E-state index < -0.39 is 17.2 Å². The second-order valence-electron chi connectivity index (χ2n) is 8.62. The average Bonchev–Trinajstić information content (AvgIpc) is 3.24. The number of halogens is 2. The van der Waals surface area contributed by atoms with Crippen molar-refractivity contribution in [3.63, 3.8) is 0 Å². The van der Waals surface area contributed by atoms with Gasteiger partial charge in [-0.3, -0.25) is 9.59 Å². The van der Waals surface area contributed by atoms with Gasteiger partial charge in [0.15, 0.2) is 11.6 Å². The van der Waals surface area contributed by atoms with E-state index in [1.54, 1.807) is 58.3 Å². The Morgan fingerprint density at radius 1 is 1.11 bits per heavy atom. The molecule has 9 heteroatoms. The van der Waals surface area contributed by atoms with Crippen molar-refractivity contribution in [3.05, 3.63) is 81.1 Å². The molecule has 0 fully saturated rings. The SMILES string of the molecule is CCNC(=O)c1cc2c(-c3cc(C(C)(C)O)ccc3Oc3ccc(F)cc3F)cn(C)c(=O)c2s1. The largest absolute Gasteiger partial charge is 0.454 e. The molecule has 182 valence electrons. The van der Waals surface area contributed by atoms with Crippen LogP contribution < -0.4 is 15.6 Å². The lowest BCUT2D eigenvalue weighted by atomic mass is 9.93. The zero-order valence-corrected chi connectivity index (χ0v) is 20.4. The molecule has 4 aromatic rings. The van der Waals surface area contributed by atoms with Gasteiger partial charge in [0.1, 0.15) is 16.3 Å². The molecule has 0 saturated carbocycles. The minimum atomic E-state index is -1.20. The number of fused-ring (bicyclic) bond motifs is 1. The van der Waals surface area contributed by atoms with Crippen molar-refractivity contribution in [2.45, 2.75) is 26.4 Å². The number of ether oxygens (including phenoxy) is 1. The van der Waals surface area contributed by atoms with Gasteiger partial charge in [0.05, 0.1) is 10.5 Å². The predicted molar refractivity (Wildman–Crippen MR) is 132 cm³/mol. The lowest BCUT2D eigenvalue weighted by molar-refractivity contribution is 0.0786. The van der Waals surface area contributed by atoms with Gasteiger partial charge in [-0.15, -0.1) is 11.3 Å². The lowest BCUT2D eigenvalue weighted by Crippen LogP contribution is -2.21. The third kappa shape index (κ3) is 4.82. The normalized spacial score (nSPS) is 11.6. The molecule has 0 bridgehead atoms. The van der Waals surface area contributed by atoms with E-state index in [0.29, 0.717) is 38.2 Å². The van der Waals surface area contributed by atoms with Crippen molar-refractivity contribution >= 4 is 27.3 Å². The van der Waals surface area contributed by atoms with Gasteiger partial charge < -0.3 is 19.7 Å². The van der Waals surface area contributed by atoms with E-state index in [-0.39, 0.29) is 23.0 Å². The summed E-state index contributed by atoms with van der Waals surface area (Å²) in [5.41, 5.74) is 0.108. The maximum absolute atomic E-state index is 14.4. The van der Waals surface area contributed by atoms with Crippen molar-refractivity contribution in [1.29, 1.82) is 0 Å². The summed E-state index contributed by atoms with van der Waals surface area (Å²) >= 11 is 1.08. The van der Waals surface area contributed by atoms with Crippen molar-refractivity contribution in [3.8, 4) is 22.6 Å². The van der Waals surface area contributed by atoms with E-state index in [1.165, 1.54) is 10.6 Å². The maximum Gasteiger partial charge on any atom is 0.268 e. The Bertz CT molecular complexity index is 1500. The molecule has 0 unspecified atom stereocenters. The number of rotatable bonds is 6. The molecule has 2 aromatic heterocycles. The summed E-state index contributed by atoms with van der Waals surface area (Å²) in [6.07, 6.45) is 1.61. The first-order chi connectivity index (χ1) is 16.5. The summed E-state index contributed by atoms with van der Waals surface area (Å²) in [4.78, 5) is 25.7. The fraction of sp³-hybridized carbons (Fsp3) is 0.231. The fourth-order valence-corrected chi connectivity index (χ4v) is 4.76. The third-order valence-corrected chi connectivity index (χ3v) is 6.63. The highest BCUT2D eigenvalue weighted by atomic mass is 32.1. The summed E-state index contributed by atoms with van der Waals surface area (Å²) < 4.78 is 35.4. The smallest absolute Gasteiger partial charge is 0.268 e. The number of hydrogen-bond acceptors (Lipinski definition) is 5. The number of aliphatic hydroxyl groups is 1. The van der Waals surface area contributed by atoms with Crippen molar-refractivity contribution in [1.82, 2.24) is 9.88 Å². The molecule has 35 heavy (non-hydrogen) atoms. The minimum absolute atomic E-state index is 0.182. The first-order valence-electron chi connectivity index (χ1n) is 10.9. The molecule has 2 heterocycles. The van der Waals surface area contributed by atoms with Gasteiger partial charge in [-0.2, -0.15) is 0 Å². The third-order valence-electron chi connectivity index (χ3n) is 5.51. The molecule has 0 aliphatic rings. The van der Waals surface area contributed by atoms with Gasteiger partial charge >= 0.3 is 0 Å². The molecule has 2 aromatic carbocycles. The fourth-order valence-electron chi connectivity index (χ4n) is 3.69. The van der Waals surface area contributed by atoms with Crippen LogP contribution in [0.15, 0.2) is 53.5 Å². The molecule has 4 rings (SSSR count). The Labute approximate surface area is 204 Å². The molecular weight excluding hydrogens is 474 g/mol. The maximum atomic E-state index is 14.4. The van der Waals surface area contributed by atoms with Gasteiger partial charge in [0.25, 0.3) is 11.5 Å². The van der Waals surface area contributed by atoms with Crippen LogP contribution in [0.25, 0.3) is 21.2 Å². The van der Waals surface area contributed by atoms with Crippen LogP contribution in [0.5, 0.6) is 11.5 Å². The van der Waals surface area contributed by atoms with Gasteiger partial charge in [-0.25, -0.2) is 8.78 Å². The first kappa shape index (κ1) is 24.6. The Balaban J connectivity index is 1.98. The predicted octanol–water partition coefficient (Wildman–Crippen LogP) is 5.31. The molecule has 2 N–H and O–H groups in total. The van der Waals surface area contributed by atoms with Crippen LogP contribution in [-0.4, -0.2) is 22.1 Å². The number of hydrogen-bond donors (Lipinski definition) is 2. The van der Waals surface area contributed by atoms with Crippen molar-refractivity contribution in [2.75, 3.05) is 6.54 Å². The van der Waals surface area contributed by atoms with Crippen LogP contribution in [0.3, 0.4) is 0 Å². The Morgan fingerprint density at radius 2 is 1.83 bits per heavy atom. The Kier molecular flexibility index (Phi) is 6.48. The second-order valence-corrected chi connectivity index (χ2v) is 9.67. The number of aromatic nitrogens is 1. The molecule has 0 aliphatic carbocycles. The monoisotopic (exact) mass is 498 g/mol. The number of carbonyl (C=O) groups is 1. The van der Waals surface area contributed by atoms with Crippen molar-refractivity contribution < 1.29 is 23.4 Å². The number of aryl methyl sites for hydroxylation is 1. The van der Waals surface area contributed by atoms with Crippen LogP contribution in [0, 0.1) is 11.6 Å². The molecule has 0 spiro atoms. The second kappa shape index (κ2) is 9.24. The molecule has 0 aliphatic heterocycles. The summed E-state index contributed by atoms with van der Waals surface area (Å²) in [6, 6.07) is 9.56. The van der Waals surface area contributed by atoms with Crippen LogP contribution in [-0.2, 0) is 12.6 Å². The quantitative estimate of drug-likeness (QED) is 0.377. The number of carbonyl (C=O) groups excluding carboxylic acids is 1. The summed E-state index contributed by atoms with van der Waals surface area (Å²) in [6.45, 7) is 5.49. The highest BCUT2D eigenvalue weighted by Gasteiger charge is 2.23. The van der Waals surface area contributed by atoms with E-state index in [2.05, 4.69) is 5.32 Å². The number of nitrogens with one attached hydrogen (secondary N) is 1. The molecule has 0 atom stereocenters. The van der Waals surface area contributed by atoms with Gasteiger partial charge in [-0.05, 0) is 56.7 Å². The summed E-state index contributed by atoms with van der Waals surface area (Å²) in [7, 11) is 1.59. The number of thiophene rings is 1. The standard InChI is InChI=1S/C26H24F2N2O4S/c1-5-29-24(31)22-12-17-18(13-30(4)25(32)23(17)35-22)16-10-14(26(2,3)33)6-8-20(16)34-21-9-7-15(27)11-19(21)28/h6-13,33H,5H2,1-4H3,(H,29,31). The van der Waals surface area contributed by atoms with Crippen LogP contribution in [0.4, 0.5) is 8.78 Å². The number of amides is 1. The van der Waals surface area contributed by atoms with E-state index in [1.807, 2.05) is 0 Å². The van der Waals surface area contributed by atoms with E-state index in [0.717, 1.165) is 23.5 Å². The van der Waals surface area contributed by atoms with Gasteiger partial charge in [0, 0.05) is 42.4 Å². The van der Waals surface area contributed by atoms with Crippen LogP contribution in [0.1, 0.15) is 36.0 Å². The highest BCUT2D eigenvalue weighted by molar-refractivity contribution is 7.20. The van der Waals surface area contributed by atoms with E-state index >= 15 is 0 Å². The zero-order valence-electron chi connectivity index (χ0n) is 19.6. The topological polar surface area (TPSA) is 80.6 Å². The lowest BCUT2D eigenvalue weighted by Gasteiger charge is -2.21. The molecule has 6 nitrogen and oxygen atoms in total. The summed E-state index contributed by atoms with van der Waals surface area (Å²) in [5, 5.41) is 13.9. The van der Waals surface area contributed by atoms with Crippen LogP contribution >= 0.6 is 11.3 Å². The van der Waals surface area contributed by atoms with E-state index in [4.69, 9.17) is 4.74 Å². The average molecular weight is 499 g/mol. The molecule has 0 radical (unpaired) electrons. The molecule has 0 saturated heterocycles. The van der Waals surface area contributed by atoms with E-state index in [9.17, 15) is 23.5 Å². The van der Waals surface area contributed by atoms with Gasteiger partial charge in [-0.1, -0.05) is 6.07 Å². The highest BCUT2D eigenvalue weighted by Crippen LogP contribution is 2.41. The number of pyridine rings is 1. The summed E-state index contributed by atoms with van der Waals surface area (Å²) in [5.74, 6) is -1.85. The minimum Gasteiger partial charge on any atom is -0.454 e. The zero-order chi connectivity index (χ0) is 25.5. The number of nitrogens with zero attached hydrogens (tertiary/aromatic N) is 1. The number of benzene rings is 2. The van der Waals surface area contributed by atoms with Crippen LogP contribution in [0.2, 0.25) is 0 Å². The molecular formula is C26H24F2N2O4S. The Hall–Kier alpha value is -3.56. The van der Waals surface area contributed by atoms with Gasteiger partial charge in [0.2, 0.25) is 0 Å². The molecule has 1 amide bonds. The van der Waals surface area contributed by atoms with Crippen molar-refractivity contribution in [2.24, 2.45) is 7.05 Å². The Morgan fingerprint density at radius 3 is 2.49 bits per heavy atom.